The third-order valence-electron chi connectivity index (χ3n) is 7.64. The van der Waals surface area contributed by atoms with Crippen LogP contribution in [0.25, 0.3) is 5.69 Å². The number of aliphatic imine (C=N–C) groups is 1. The zero-order valence-electron chi connectivity index (χ0n) is 20.2. The molecule has 2 aromatic heterocycles. The Morgan fingerprint density at radius 2 is 1.75 bits per heavy atom. The standard InChI is InChI=1S/C29H28N6O/c1-32-28(36)26-25(35-24-11-7-10-23(24)31-29(32)35)19-34(27(26)30-21-8-3-2-4-9-21)18-20-12-14-22(15-13-20)33-16-5-6-17-33/h2-6,8-9,12-17,19,23-24,30H,7,10-11,18H2,1H3/t23-,24+/m1/s1. The molecule has 1 aliphatic carbocycles. The van der Waals surface area contributed by atoms with Gasteiger partial charge in [-0.1, -0.05) is 30.3 Å². The van der Waals surface area contributed by atoms with Crippen molar-refractivity contribution in [3.8, 4) is 5.69 Å². The molecule has 1 saturated carbocycles. The first-order valence-electron chi connectivity index (χ1n) is 12.6. The predicted octanol–water partition coefficient (Wildman–Crippen LogP) is 5.25. The molecular formula is C29H28N6O. The largest absolute Gasteiger partial charge is 0.341 e. The number of benzene rings is 2. The van der Waals surface area contributed by atoms with Crippen LogP contribution in [0.3, 0.4) is 0 Å². The third-order valence-corrected chi connectivity index (χ3v) is 7.64. The van der Waals surface area contributed by atoms with Crippen molar-refractivity contribution in [1.82, 2.24) is 14.0 Å². The highest BCUT2D eigenvalue weighted by Gasteiger charge is 2.48. The molecule has 180 valence electrons. The number of carbonyl (C=O) groups excluding carboxylic acids is 1. The smallest absolute Gasteiger partial charge is 0.266 e. The van der Waals surface area contributed by atoms with Crippen molar-refractivity contribution in [2.45, 2.75) is 37.9 Å². The fraction of sp³-hybridized carbons (Fsp3) is 0.241. The highest BCUT2D eigenvalue weighted by Crippen LogP contribution is 2.44. The molecule has 4 heterocycles. The first-order chi connectivity index (χ1) is 17.7. The molecule has 0 saturated heterocycles. The monoisotopic (exact) mass is 476 g/mol. The molecular weight excluding hydrogens is 448 g/mol. The first kappa shape index (κ1) is 21.1. The average molecular weight is 477 g/mol. The molecule has 7 nitrogen and oxygen atoms in total. The second-order valence-electron chi connectivity index (χ2n) is 9.84. The summed E-state index contributed by atoms with van der Waals surface area (Å²) in [6.45, 7) is 0.652. The Morgan fingerprint density at radius 3 is 2.53 bits per heavy atom. The van der Waals surface area contributed by atoms with Gasteiger partial charge in [-0.05, 0) is 61.2 Å². The number of para-hydroxylation sites is 1. The summed E-state index contributed by atoms with van der Waals surface area (Å²) < 4.78 is 4.28. The fourth-order valence-corrected chi connectivity index (χ4v) is 5.85. The SMILES string of the molecule is CN1C(=O)c2c(cn(Cc3ccc(-n4cccc4)cc3)c2Nc2ccccc2)N2C1=N[C@@H]1CCC[C@@H]12. The van der Waals surface area contributed by atoms with Gasteiger partial charge in [-0.2, -0.15) is 0 Å². The van der Waals surface area contributed by atoms with Gasteiger partial charge in [0, 0.05) is 43.6 Å². The number of guanidine groups is 1. The molecule has 0 bridgehead atoms. The number of carbonyl (C=O) groups is 1. The van der Waals surface area contributed by atoms with Crippen LogP contribution in [0.1, 0.15) is 35.2 Å². The van der Waals surface area contributed by atoms with Crippen molar-refractivity contribution < 1.29 is 4.79 Å². The lowest BCUT2D eigenvalue weighted by molar-refractivity contribution is 0.0866. The van der Waals surface area contributed by atoms with Gasteiger partial charge in [0.1, 0.15) is 11.4 Å². The molecule has 4 aromatic rings. The molecule has 1 amide bonds. The minimum Gasteiger partial charge on any atom is -0.341 e. The topological polar surface area (TPSA) is 57.8 Å². The number of hydrogen-bond donors (Lipinski definition) is 1. The lowest BCUT2D eigenvalue weighted by Crippen LogP contribution is -2.51. The van der Waals surface area contributed by atoms with Gasteiger partial charge in [-0.15, -0.1) is 0 Å². The molecule has 36 heavy (non-hydrogen) atoms. The Kier molecular flexibility index (Phi) is 4.77. The van der Waals surface area contributed by atoms with E-state index in [1.54, 1.807) is 4.90 Å². The van der Waals surface area contributed by atoms with Crippen LogP contribution in [-0.4, -0.2) is 45.0 Å². The second kappa shape index (κ2) is 8.16. The van der Waals surface area contributed by atoms with Crippen LogP contribution in [0.4, 0.5) is 17.2 Å². The van der Waals surface area contributed by atoms with E-state index in [2.05, 4.69) is 49.8 Å². The van der Waals surface area contributed by atoms with E-state index in [-0.39, 0.29) is 11.9 Å². The molecule has 1 N–H and O–H groups in total. The van der Waals surface area contributed by atoms with Crippen LogP contribution in [-0.2, 0) is 6.54 Å². The van der Waals surface area contributed by atoms with Crippen molar-refractivity contribution >= 4 is 29.1 Å². The van der Waals surface area contributed by atoms with Gasteiger partial charge in [0.05, 0.1) is 17.8 Å². The molecule has 7 rings (SSSR count). The lowest BCUT2D eigenvalue weighted by atomic mass is 10.1. The predicted molar refractivity (Wildman–Crippen MR) is 142 cm³/mol. The summed E-state index contributed by atoms with van der Waals surface area (Å²) >= 11 is 0. The molecule has 0 unspecified atom stereocenters. The number of amides is 1. The van der Waals surface area contributed by atoms with Crippen molar-refractivity contribution in [1.29, 1.82) is 0 Å². The molecule has 0 radical (unpaired) electrons. The van der Waals surface area contributed by atoms with Crippen LogP contribution >= 0.6 is 0 Å². The number of nitrogens with zero attached hydrogens (tertiary/aromatic N) is 5. The van der Waals surface area contributed by atoms with Crippen molar-refractivity contribution in [3.63, 3.8) is 0 Å². The van der Waals surface area contributed by atoms with Gasteiger partial charge in [-0.3, -0.25) is 9.69 Å². The summed E-state index contributed by atoms with van der Waals surface area (Å²) in [4.78, 5) is 22.7. The Morgan fingerprint density at radius 1 is 0.972 bits per heavy atom. The maximum Gasteiger partial charge on any atom is 0.266 e. The van der Waals surface area contributed by atoms with Gasteiger partial charge in [0.2, 0.25) is 5.96 Å². The summed E-state index contributed by atoms with van der Waals surface area (Å²) in [5.41, 5.74) is 4.94. The highest BCUT2D eigenvalue weighted by molar-refractivity contribution is 6.22. The summed E-state index contributed by atoms with van der Waals surface area (Å²) in [7, 11) is 1.85. The number of nitrogens with one attached hydrogen (secondary N) is 1. The fourth-order valence-electron chi connectivity index (χ4n) is 5.85. The minimum atomic E-state index is -0.0138. The van der Waals surface area contributed by atoms with Crippen molar-refractivity contribution in [2.75, 3.05) is 17.3 Å². The molecule has 2 atom stereocenters. The van der Waals surface area contributed by atoms with Crippen LogP contribution < -0.4 is 10.2 Å². The van der Waals surface area contributed by atoms with E-state index in [9.17, 15) is 4.79 Å². The van der Waals surface area contributed by atoms with E-state index in [1.807, 2.05) is 61.9 Å². The number of rotatable bonds is 5. The van der Waals surface area contributed by atoms with Crippen LogP contribution in [0.5, 0.6) is 0 Å². The number of hydrogen-bond acceptors (Lipinski definition) is 4. The summed E-state index contributed by atoms with van der Waals surface area (Å²) in [6, 6.07) is 23.3. The molecule has 0 spiro atoms. The number of aromatic nitrogens is 2. The molecule has 3 aliphatic rings. The minimum absolute atomic E-state index is 0.0138. The molecule has 2 aliphatic heterocycles. The van der Waals surface area contributed by atoms with Gasteiger partial charge in [0.15, 0.2) is 0 Å². The third kappa shape index (κ3) is 3.26. The molecule has 1 fully saturated rings. The van der Waals surface area contributed by atoms with E-state index >= 15 is 0 Å². The van der Waals surface area contributed by atoms with Gasteiger partial charge >= 0.3 is 0 Å². The first-order valence-corrected chi connectivity index (χ1v) is 12.6. The van der Waals surface area contributed by atoms with Crippen LogP contribution in [0, 0.1) is 0 Å². The molecule has 2 aromatic carbocycles. The number of anilines is 3. The Bertz CT molecular complexity index is 1450. The maximum absolute atomic E-state index is 13.7. The van der Waals surface area contributed by atoms with E-state index in [0.29, 0.717) is 12.6 Å². The van der Waals surface area contributed by atoms with E-state index in [4.69, 9.17) is 4.99 Å². The summed E-state index contributed by atoms with van der Waals surface area (Å²) in [5, 5.41) is 3.57. The number of fused-ring (bicyclic) bond motifs is 5. The quantitative estimate of drug-likeness (QED) is 0.428. The Balaban J connectivity index is 1.31. The maximum atomic E-state index is 13.7. The molecule has 7 heteroatoms. The zero-order valence-corrected chi connectivity index (χ0v) is 20.2. The van der Waals surface area contributed by atoms with Crippen molar-refractivity contribution in [3.05, 3.63) is 96.4 Å². The van der Waals surface area contributed by atoms with Crippen LogP contribution in [0.15, 0.2) is 90.3 Å². The van der Waals surface area contributed by atoms with E-state index in [0.717, 1.165) is 47.2 Å². The van der Waals surface area contributed by atoms with E-state index < -0.39 is 0 Å². The normalized spacial score (nSPS) is 20.2. The lowest BCUT2D eigenvalue weighted by Gasteiger charge is -2.35. The van der Waals surface area contributed by atoms with Crippen LogP contribution in [0.2, 0.25) is 0 Å². The van der Waals surface area contributed by atoms with Gasteiger partial charge < -0.3 is 19.4 Å². The van der Waals surface area contributed by atoms with Crippen molar-refractivity contribution in [2.24, 2.45) is 4.99 Å². The summed E-state index contributed by atoms with van der Waals surface area (Å²) in [6.07, 6.45) is 9.61. The Labute approximate surface area is 210 Å². The van der Waals surface area contributed by atoms with E-state index in [1.165, 1.54) is 12.0 Å². The average Bonchev–Trinajstić information content (AvgIpc) is 3.69. The highest BCUT2D eigenvalue weighted by atomic mass is 16.2. The van der Waals surface area contributed by atoms with Gasteiger partial charge in [-0.25, -0.2) is 4.99 Å². The summed E-state index contributed by atoms with van der Waals surface area (Å²) in [5.74, 6) is 1.60. The second-order valence-corrected chi connectivity index (χ2v) is 9.84. The van der Waals surface area contributed by atoms with Gasteiger partial charge in [0.25, 0.3) is 5.91 Å². The Hall–Kier alpha value is -4.26. The zero-order chi connectivity index (χ0) is 24.2.